The van der Waals surface area contributed by atoms with Gasteiger partial charge in [0.05, 0.1) is 6.54 Å². The summed E-state index contributed by atoms with van der Waals surface area (Å²) in [5, 5.41) is 9.75. The molecule has 2 amide bonds. The van der Waals surface area contributed by atoms with Crippen LogP contribution in [0.3, 0.4) is 0 Å². The molecule has 7 nitrogen and oxygen atoms in total. The van der Waals surface area contributed by atoms with Crippen molar-refractivity contribution in [3.8, 4) is 0 Å². The Kier molecular flexibility index (Phi) is 8.62. The lowest BCUT2D eigenvalue weighted by Crippen LogP contribution is -2.45. The van der Waals surface area contributed by atoms with Crippen molar-refractivity contribution in [2.24, 2.45) is 16.8 Å². The summed E-state index contributed by atoms with van der Waals surface area (Å²) in [6, 6.07) is 0.245. The van der Waals surface area contributed by atoms with Gasteiger partial charge in [-0.1, -0.05) is 25.7 Å². The molecule has 29 heavy (non-hydrogen) atoms. The van der Waals surface area contributed by atoms with Crippen LogP contribution in [0.5, 0.6) is 0 Å². The largest absolute Gasteiger partial charge is 0.357 e. The van der Waals surface area contributed by atoms with E-state index >= 15 is 0 Å². The summed E-state index contributed by atoms with van der Waals surface area (Å²) in [4.78, 5) is 31.3. The fraction of sp³-hybridized carbons (Fsp3) is 0.864. The highest BCUT2D eigenvalue weighted by molar-refractivity contribution is 5.81. The van der Waals surface area contributed by atoms with E-state index in [1.165, 1.54) is 38.5 Å². The minimum absolute atomic E-state index is 0.155. The SMILES string of the molecule is CCNC(=NCCNC(=O)CC1CCCC1)NC1CCN(C(=O)C2CCCC2)C1. The molecule has 1 heterocycles. The average Bonchev–Trinajstić information content (AvgIpc) is 3.47. The molecular formula is C22H39N5O2. The van der Waals surface area contributed by atoms with E-state index in [1.54, 1.807) is 0 Å². The highest BCUT2D eigenvalue weighted by Crippen LogP contribution is 2.28. The summed E-state index contributed by atoms with van der Waals surface area (Å²) < 4.78 is 0. The van der Waals surface area contributed by atoms with Gasteiger partial charge in [-0.2, -0.15) is 0 Å². The van der Waals surface area contributed by atoms with Crippen molar-refractivity contribution >= 4 is 17.8 Å². The lowest BCUT2D eigenvalue weighted by Gasteiger charge is -2.21. The number of rotatable bonds is 8. The van der Waals surface area contributed by atoms with Crippen LogP contribution in [0.2, 0.25) is 0 Å². The lowest BCUT2D eigenvalue weighted by atomic mass is 10.0. The molecule has 0 aromatic carbocycles. The first kappa shape index (κ1) is 21.9. The van der Waals surface area contributed by atoms with Gasteiger partial charge >= 0.3 is 0 Å². The Labute approximate surface area is 175 Å². The molecule has 1 unspecified atom stereocenters. The van der Waals surface area contributed by atoms with Gasteiger partial charge in [0.25, 0.3) is 0 Å². The van der Waals surface area contributed by atoms with Crippen molar-refractivity contribution in [1.82, 2.24) is 20.9 Å². The van der Waals surface area contributed by atoms with Gasteiger partial charge in [-0.05, 0) is 44.9 Å². The van der Waals surface area contributed by atoms with Gasteiger partial charge in [0.1, 0.15) is 0 Å². The number of nitrogens with one attached hydrogen (secondary N) is 3. The van der Waals surface area contributed by atoms with Crippen molar-refractivity contribution in [2.45, 2.75) is 77.2 Å². The van der Waals surface area contributed by atoms with Gasteiger partial charge in [-0.15, -0.1) is 0 Å². The van der Waals surface area contributed by atoms with E-state index in [-0.39, 0.29) is 17.9 Å². The Bertz CT molecular complexity index is 568. The van der Waals surface area contributed by atoms with Crippen molar-refractivity contribution in [2.75, 3.05) is 32.7 Å². The predicted octanol–water partition coefficient (Wildman–Crippen LogP) is 2.03. The second-order valence-electron chi connectivity index (χ2n) is 8.86. The van der Waals surface area contributed by atoms with E-state index in [1.807, 2.05) is 11.8 Å². The molecule has 1 saturated heterocycles. The van der Waals surface area contributed by atoms with Crippen LogP contribution in [0.1, 0.15) is 71.1 Å². The van der Waals surface area contributed by atoms with E-state index in [0.717, 1.165) is 44.9 Å². The number of hydrogen-bond acceptors (Lipinski definition) is 3. The number of carbonyl (C=O) groups excluding carboxylic acids is 2. The second kappa shape index (κ2) is 11.4. The molecule has 1 aliphatic heterocycles. The van der Waals surface area contributed by atoms with Gasteiger partial charge in [0, 0.05) is 44.6 Å². The zero-order valence-electron chi connectivity index (χ0n) is 18.0. The van der Waals surface area contributed by atoms with Gasteiger partial charge < -0.3 is 20.9 Å². The van der Waals surface area contributed by atoms with Gasteiger partial charge in [0.15, 0.2) is 5.96 Å². The summed E-state index contributed by atoms with van der Waals surface area (Å²) >= 11 is 0. The molecule has 3 aliphatic rings. The van der Waals surface area contributed by atoms with Crippen LogP contribution in [0.25, 0.3) is 0 Å². The molecule has 0 aromatic heterocycles. The van der Waals surface area contributed by atoms with Gasteiger partial charge in [-0.25, -0.2) is 0 Å². The predicted molar refractivity (Wildman–Crippen MR) is 116 cm³/mol. The molecule has 7 heteroatoms. The molecule has 3 rings (SSSR count). The Morgan fingerprint density at radius 1 is 1.00 bits per heavy atom. The molecule has 0 bridgehead atoms. The van der Waals surface area contributed by atoms with Crippen LogP contribution in [0, 0.1) is 11.8 Å². The quantitative estimate of drug-likeness (QED) is 0.328. The van der Waals surface area contributed by atoms with Crippen molar-refractivity contribution in [1.29, 1.82) is 0 Å². The van der Waals surface area contributed by atoms with Crippen LogP contribution in [0.4, 0.5) is 0 Å². The maximum atomic E-state index is 12.6. The summed E-state index contributed by atoms with van der Waals surface area (Å²) in [6.45, 7) is 5.56. The normalized spacial score (nSPS) is 23.6. The molecule has 3 N–H and O–H groups in total. The van der Waals surface area contributed by atoms with Crippen LogP contribution >= 0.6 is 0 Å². The third-order valence-corrected chi connectivity index (χ3v) is 6.54. The molecule has 2 aliphatic carbocycles. The third-order valence-electron chi connectivity index (χ3n) is 6.54. The lowest BCUT2D eigenvalue weighted by molar-refractivity contribution is -0.134. The Morgan fingerprint density at radius 2 is 1.72 bits per heavy atom. The maximum Gasteiger partial charge on any atom is 0.225 e. The molecular weight excluding hydrogens is 366 g/mol. The van der Waals surface area contributed by atoms with Crippen molar-refractivity contribution < 1.29 is 9.59 Å². The number of nitrogens with zero attached hydrogens (tertiary/aromatic N) is 2. The van der Waals surface area contributed by atoms with E-state index < -0.39 is 0 Å². The Hall–Kier alpha value is -1.79. The molecule has 2 saturated carbocycles. The fourth-order valence-electron chi connectivity index (χ4n) is 4.93. The Balaban J connectivity index is 1.37. The summed E-state index contributed by atoms with van der Waals surface area (Å²) in [7, 11) is 0. The van der Waals surface area contributed by atoms with Crippen LogP contribution < -0.4 is 16.0 Å². The van der Waals surface area contributed by atoms with Gasteiger partial charge in [0.2, 0.25) is 11.8 Å². The number of amides is 2. The number of carbonyl (C=O) groups is 2. The van der Waals surface area contributed by atoms with Crippen molar-refractivity contribution in [3.63, 3.8) is 0 Å². The number of likely N-dealkylation sites (tertiary alicyclic amines) is 1. The van der Waals surface area contributed by atoms with Gasteiger partial charge in [-0.3, -0.25) is 14.6 Å². The maximum absolute atomic E-state index is 12.6. The molecule has 3 fully saturated rings. The first-order valence-corrected chi connectivity index (χ1v) is 11.8. The first-order chi connectivity index (χ1) is 14.2. The minimum Gasteiger partial charge on any atom is -0.357 e. The number of guanidine groups is 1. The fourth-order valence-corrected chi connectivity index (χ4v) is 4.93. The zero-order chi connectivity index (χ0) is 20.5. The van der Waals surface area contributed by atoms with E-state index in [4.69, 9.17) is 0 Å². The topological polar surface area (TPSA) is 85.8 Å². The monoisotopic (exact) mass is 405 g/mol. The summed E-state index contributed by atoms with van der Waals surface area (Å²) in [5.41, 5.74) is 0. The third kappa shape index (κ3) is 6.89. The molecule has 0 spiro atoms. The minimum atomic E-state index is 0.155. The number of hydrogen-bond donors (Lipinski definition) is 3. The molecule has 1 atom stereocenters. The summed E-state index contributed by atoms with van der Waals surface area (Å²) in [6.07, 6.45) is 11.1. The average molecular weight is 406 g/mol. The first-order valence-electron chi connectivity index (χ1n) is 11.8. The Morgan fingerprint density at radius 3 is 2.45 bits per heavy atom. The smallest absolute Gasteiger partial charge is 0.225 e. The standard InChI is InChI=1S/C22H39N5O2/c1-2-23-22(25-13-12-24-20(28)15-17-7-3-4-8-17)26-19-11-14-27(16-19)21(29)18-9-5-6-10-18/h17-19H,2-16H2,1H3,(H,24,28)(H2,23,25,26). The van der Waals surface area contributed by atoms with Crippen molar-refractivity contribution in [3.05, 3.63) is 0 Å². The molecule has 164 valence electrons. The van der Waals surface area contributed by atoms with E-state index in [2.05, 4.69) is 20.9 Å². The van der Waals surface area contributed by atoms with E-state index in [9.17, 15) is 9.59 Å². The van der Waals surface area contributed by atoms with Crippen LogP contribution in [-0.4, -0.2) is 61.4 Å². The molecule has 0 aromatic rings. The highest BCUT2D eigenvalue weighted by Gasteiger charge is 2.32. The zero-order valence-corrected chi connectivity index (χ0v) is 18.0. The second-order valence-corrected chi connectivity index (χ2v) is 8.86. The highest BCUT2D eigenvalue weighted by atomic mass is 16.2. The van der Waals surface area contributed by atoms with Crippen LogP contribution in [0.15, 0.2) is 4.99 Å². The summed E-state index contributed by atoms with van der Waals surface area (Å²) in [5.74, 6) is 2.11. The van der Waals surface area contributed by atoms with Crippen LogP contribution in [-0.2, 0) is 9.59 Å². The number of aliphatic imine (C=N–C) groups is 1. The van der Waals surface area contributed by atoms with E-state index in [0.29, 0.717) is 31.3 Å². The molecule has 0 radical (unpaired) electrons.